The molecule has 1 saturated heterocycles. The van der Waals surface area contributed by atoms with Gasteiger partial charge in [0.1, 0.15) is 11.5 Å². The molecule has 8 nitrogen and oxygen atoms in total. The van der Waals surface area contributed by atoms with Gasteiger partial charge in [0, 0.05) is 36.2 Å². The van der Waals surface area contributed by atoms with Gasteiger partial charge >= 0.3 is 6.36 Å². The number of amides is 3. The summed E-state index contributed by atoms with van der Waals surface area (Å²) in [5.74, 6) is -1.05. The predicted octanol–water partition coefficient (Wildman–Crippen LogP) is 3.67. The molecule has 2 aromatic carbocycles. The zero-order valence-electron chi connectivity index (χ0n) is 18.0. The van der Waals surface area contributed by atoms with Crippen LogP contribution in [0.3, 0.4) is 0 Å². The first kappa shape index (κ1) is 25.3. The van der Waals surface area contributed by atoms with Crippen LogP contribution in [0, 0.1) is 0 Å². The van der Waals surface area contributed by atoms with Crippen LogP contribution in [0.2, 0.25) is 0 Å². The van der Waals surface area contributed by atoms with Gasteiger partial charge in [0.25, 0.3) is 11.8 Å². The third-order valence-corrected chi connectivity index (χ3v) is 5.56. The van der Waals surface area contributed by atoms with Gasteiger partial charge in [0.15, 0.2) is 6.61 Å². The largest absolute Gasteiger partial charge is 0.573 e. The van der Waals surface area contributed by atoms with Crippen molar-refractivity contribution in [2.24, 2.45) is 0 Å². The molecular weight excluding hydrogens is 523 g/mol. The number of alkyl halides is 3. The smallest absolute Gasteiger partial charge is 0.484 e. The van der Waals surface area contributed by atoms with E-state index >= 15 is 0 Å². The van der Waals surface area contributed by atoms with Gasteiger partial charge in [-0.3, -0.25) is 14.4 Å². The van der Waals surface area contributed by atoms with Crippen LogP contribution in [0.1, 0.15) is 17.3 Å². The molecule has 0 aromatic heterocycles. The Labute approximate surface area is 201 Å². The first-order valence-electron chi connectivity index (χ1n) is 10.1. The van der Waals surface area contributed by atoms with E-state index in [2.05, 4.69) is 26.0 Å². The van der Waals surface area contributed by atoms with Crippen molar-refractivity contribution < 1.29 is 37.0 Å². The number of carbonyl (C=O) groups is 3. The number of halogens is 4. The lowest BCUT2D eigenvalue weighted by Crippen LogP contribution is -2.56. The second-order valence-corrected chi connectivity index (χ2v) is 8.37. The van der Waals surface area contributed by atoms with E-state index in [4.69, 9.17) is 4.74 Å². The van der Waals surface area contributed by atoms with Crippen molar-refractivity contribution in [3.63, 3.8) is 0 Å². The van der Waals surface area contributed by atoms with Gasteiger partial charge in [-0.05, 0) is 37.3 Å². The predicted molar refractivity (Wildman–Crippen MR) is 120 cm³/mol. The van der Waals surface area contributed by atoms with Crippen LogP contribution in [0.15, 0.2) is 46.9 Å². The van der Waals surface area contributed by atoms with E-state index in [1.54, 1.807) is 30.0 Å². The molecule has 0 spiro atoms. The summed E-state index contributed by atoms with van der Waals surface area (Å²) in [5, 5.41) is 2.51. The van der Waals surface area contributed by atoms with Crippen molar-refractivity contribution in [3.05, 3.63) is 52.5 Å². The lowest BCUT2D eigenvalue weighted by molar-refractivity contribution is -0.274. The summed E-state index contributed by atoms with van der Waals surface area (Å²) >= 11 is 3.32. The van der Waals surface area contributed by atoms with Crippen molar-refractivity contribution in [1.82, 2.24) is 9.80 Å². The molecule has 182 valence electrons. The summed E-state index contributed by atoms with van der Waals surface area (Å²) in [6.07, 6.45) is -4.34. The molecule has 1 aliphatic rings. The van der Waals surface area contributed by atoms with E-state index in [1.165, 1.54) is 17.0 Å². The monoisotopic (exact) mass is 543 g/mol. The summed E-state index contributed by atoms with van der Waals surface area (Å²) < 4.78 is 47.0. The van der Waals surface area contributed by atoms with Gasteiger partial charge < -0.3 is 24.6 Å². The van der Waals surface area contributed by atoms with Crippen LogP contribution in [-0.4, -0.2) is 66.7 Å². The highest BCUT2D eigenvalue weighted by Gasteiger charge is 2.32. The van der Waals surface area contributed by atoms with Crippen molar-refractivity contribution in [2.75, 3.05) is 31.6 Å². The Morgan fingerprint density at radius 1 is 1.18 bits per heavy atom. The number of hydrogen-bond donors (Lipinski definition) is 1. The molecule has 0 radical (unpaired) electrons. The van der Waals surface area contributed by atoms with Crippen molar-refractivity contribution >= 4 is 39.8 Å². The standard InChI is InChI=1S/C22H21BrF3N3O5/c1-14-11-28(20(31)12-33-16-3-2-4-17(10-16)34-22(24,25)26)7-8-29(14)21(32)18-9-15(23)5-6-19(18)27-13-30/h2-6,9-10,13-14H,7-8,11-12H2,1H3,(H,27,30). The summed E-state index contributed by atoms with van der Waals surface area (Å²) in [5.41, 5.74) is 0.691. The van der Waals surface area contributed by atoms with E-state index in [0.717, 1.165) is 12.1 Å². The Balaban J connectivity index is 1.59. The fraction of sp³-hybridized carbons (Fsp3) is 0.318. The van der Waals surface area contributed by atoms with Crippen LogP contribution in [-0.2, 0) is 9.59 Å². The maximum absolute atomic E-state index is 13.1. The minimum absolute atomic E-state index is 0.0572. The number of hydrogen-bond acceptors (Lipinski definition) is 5. The first-order chi connectivity index (χ1) is 16.1. The van der Waals surface area contributed by atoms with E-state index in [-0.39, 0.29) is 49.8 Å². The lowest BCUT2D eigenvalue weighted by atomic mass is 10.1. The molecule has 1 atom stereocenters. The maximum atomic E-state index is 13.1. The zero-order valence-corrected chi connectivity index (χ0v) is 19.6. The molecule has 2 aromatic rings. The third kappa shape index (κ3) is 6.62. The highest BCUT2D eigenvalue weighted by molar-refractivity contribution is 9.10. The van der Waals surface area contributed by atoms with Crippen LogP contribution >= 0.6 is 15.9 Å². The number of ether oxygens (including phenoxy) is 2. The topological polar surface area (TPSA) is 88.2 Å². The quantitative estimate of drug-likeness (QED) is 0.538. The minimum Gasteiger partial charge on any atom is -0.484 e. The van der Waals surface area contributed by atoms with Crippen molar-refractivity contribution in [2.45, 2.75) is 19.3 Å². The summed E-state index contributed by atoms with van der Waals surface area (Å²) in [6, 6.07) is 9.52. The SMILES string of the molecule is CC1CN(C(=O)COc2cccc(OC(F)(F)F)c2)CCN1C(=O)c1cc(Br)ccc1NC=O. The molecule has 0 saturated carbocycles. The summed E-state index contributed by atoms with van der Waals surface area (Å²) in [7, 11) is 0. The Bertz CT molecular complexity index is 1070. The lowest BCUT2D eigenvalue weighted by Gasteiger charge is -2.40. The van der Waals surface area contributed by atoms with Crippen LogP contribution < -0.4 is 14.8 Å². The first-order valence-corrected chi connectivity index (χ1v) is 10.9. The number of carbonyl (C=O) groups excluding carboxylic acids is 3. The summed E-state index contributed by atoms with van der Waals surface area (Å²) in [6.45, 7) is 2.17. The molecule has 12 heteroatoms. The third-order valence-electron chi connectivity index (χ3n) is 5.07. The van der Waals surface area contributed by atoms with Crippen LogP contribution in [0.4, 0.5) is 18.9 Å². The van der Waals surface area contributed by atoms with Crippen molar-refractivity contribution in [3.8, 4) is 11.5 Å². The number of rotatable bonds is 7. The highest BCUT2D eigenvalue weighted by atomic mass is 79.9. The molecule has 1 aliphatic heterocycles. The second-order valence-electron chi connectivity index (χ2n) is 7.45. The number of nitrogens with one attached hydrogen (secondary N) is 1. The van der Waals surface area contributed by atoms with E-state index in [9.17, 15) is 27.6 Å². The maximum Gasteiger partial charge on any atom is 0.573 e. The molecule has 3 amide bonds. The number of benzene rings is 2. The Kier molecular flexibility index (Phi) is 8.02. The molecular formula is C22H21BrF3N3O5. The molecule has 3 rings (SSSR count). The Morgan fingerprint density at radius 3 is 2.59 bits per heavy atom. The second kappa shape index (κ2) is 10.8. The van der Waals surface area contributed by atoms with Gasteiger partial charge in [0.2, 0.25) is 6.41 Å². The molecule has 1 heterocycles. The average Bonchev–Trinajstić information content (AvgIpc) is 2.77. The van der Waals surface area contributed by atoms with Crippen LogP contribution in [0.25, 0.3) is 0 Å². The van der Waals surface area contributed by atoms with E-state index < -0.39 is 12.1 Å². The van der Waals surface area contributed by atoms with Crippen LogP contribution in [0.5, 0.6) is 11.5 Å². The van der Waals surface area contributed by atoms with E-state index in [1.807, 2.05) is 0 Å². The average molecular weight is 544 g/mol. The molecule has 34 heavy (non-hydrogen) atoms. The van der Waals surface area contributed by atoms with Gasteiger partial charge in [-0.25, -0.2) is 0 Å². The van der Waals surface area contributed by atoms with Gasteiger partial charge in [-0.2, -0.15) is 0 Å². The van der Waals surface area contributed by atoms with Gasteiger partial charge in [-0.1, -0.05) is 22.0 Å². The minimum atomic E-state index is -4.83. The van der Waals surface area contributed by atoms with Gasteiger partial charge in [-0.15, -0.1) is 13.2 Å². The van der Waals surface area contributed by atoms with Crippen molar-refractivity contribution in [1.29, 1.82) is 0 Å². The number of piperazine rings is 1. The fourth-order valence-electron chi connectivity index (χ4n) is 3.52. The highest BCUT2D eigenvalue weighted by Crippen LogP contribution is 2.27. The van der Waals surface area contributed by atoms with E-state index in [0.29, 0.717) is 22.1 Å². The molecule has 1 N–H and O–H groups in total. The molecule has 0 aliphatic carbocycles. The van der Waals surface area contributed by atoms with Gasteiger partial charge in [0.05, 0.1) is 11.3 Å². The molecule has 1 fully saturated rings. The Morgan fingerprint density at radius 2 is 1.91 bits per heavy atom. The number of anilines is 1. The normalized spacial score (nSPS) is 16.1. The zero-order chi connectivity index (χ0) is 24.9. The summed E-state index contributed by atoms with van der Waals surface area (Å²) in [4.78, 5) is 39.7. The fourth-order valence-corrected chi connectivity index (χ4v) is 3.88. The molecule has 0 bridgehead atoms. The molecule has 1 unspecified atom stereocenters. The Hall–Kier alpha value is -3.28. The number of nitrogens with zero attached hydrogens (tertiary/aromatic N) is 2.